The van der Waals surface area contributed by atoms with Gasteiger partial charge in [0.15, 0.2) is 0 Å². The van der Waals surface area contributed by atoms with Crippen molar-refractivity contribution in [2.45, 2.75) is 18.7 Å². The summed E-state index contributed by atoms with van der Waals surface area (Å²) in [5, 5.41) is 3.15. The van der Waals surface area contributed by atoms with Crippen LogP contribution in [0.4, 0.5) is 18.0 Å². The fourth-order valence-electron chi connectivity index (χ4n) is 2.90. The molecule has 28 heavy (non-hydrogen) atoms. The van der Waals surface area contributed by atoms with Gasteiger partial charge in [-0.15, -0.1) is 0 Å². The highest BCUT2D eigenvalue weighted by Gasteiger charge is 2.41. The largest absolute Gasteiger partial charge is 0.431 e. The van der Waals surface area contributed by atoms with Crippen LogP contribution in [0, 0.1) is 0 Å². The molecule has 0 aromatic heterocycles. The summed E-state index contributed by atoms with van der Waals surface area (Å²) in [6.45, 7) is 1.21. The van der Waals surface area contributed by atoms with Crippen LogP contribution < -0.4 is 5.32 Å². The third kappa shape index (κ3) is 4.69. The van der Waals surface area contributed by atoms with Crippen LogP contribution in [0.15, 0.2) is 54.6 Å². The first-order chi connectivity index (χ1) is 13.4. The zero-order valence-corrected chi connectivity index (χ0v) is 14.9. The van der Waals surface area contributed by atoms with Crippen molar-refractivity contribution in [3.05, 3.63) is 71.3 Å². The maximum atomic E-state index is 12.6. The lowest BCUT2D eigenvalue weighted by atomic mass is 10.1. The maximum absolute atomic E-state index is 12.6. The standard InChI is InChI=1S/C20H19F3N2O3/c21-20(22,23)16-8-6-15(7-9-16)17-18(26)25(19(27)28-17)13-12-24-11-10-14-4-2-1-3-5-14/h1-9,17,24H,10-13H2. The molecule has 1 saturated heterocycles. The van der Waals surface area contributed by atoms with Crippen LogP contribution in [-0.2, 0) is 22.1 Å². The van der Waals surface area contributed by atoms with Gasteiger partial charge >= 0.3 is 12.3 Å². The molecule has 2 amide bonds. The molecule has 0 spiro atoms. The number of amides is 2. The molecule has 8 heteroatoms. The highest BCUT2D eigenvalue weighted by atomic mass is 19.4. The molecule has 1 N–H and O–H groups in total. The highest BCUT2D eigenvalue weighted by Crippen LogP contribution is 2.32. The second kappa shape index (κ2) is 8.43. The summed E-state index contributed by atoms with van der Waals surface area (Å²) >= 11 is 0. The quantitative estimate of drug-likeness (QED) is 0.732. The number of benzene rings is 2. The monoisotopic (exact) mass is 392 g/mol. The molecule has 148 valence electrons. The van der Waals surface area contributed by atoms with Crippen LogP contribution in [0.3, 0.4) is 0 Å². The van der Waals surface area contributed by atoms with E-state index < -0.39 is 29.8 Å². The predicted molar refractivity (Wildman–Crippen MR) is 95.4 cm³/mol. The van der Waals surface area contributed by atoms with E-state index in [9.17, 15) is 22.8 Å². The first-order valence-electron chi connectivity index (χ1n) is 8.80. The van der Waals surface area contributed by atoms with E-state index in [1.165, 1.54) is 5.56 Å². The summed E-state index contributed by atoms with van der Waals surface area (Å²) in [7, 11) is 0. The molecule has 1 aliphatic rings. The molecule has 0 aliphatic carbocycles. The van der Waals surface area contributed by atoms with Crippen molar-refractivity contribution in [3.8, 4) is 0 Å². The van der Waals surface area contributed by atoms with Gasteiger partial charge in [-0.2, -0.15) is 13.2 Å². The van der Waals surface area contributed by atoms with Gasteiger partial charge in [-0.05, 0) is 30.7 Å². The van der Waals surface area contributed by atoms with Gasteiger partial charge in [0.25, 0.3) is 5.91 Å². The van der Waals surface area contributed by atoms with Crippen molar-refractivity contribution in [3.63, 3.8) is 0 Å². The summed E-state index contributed by atoms with van der Waals surface area (Å²) in [6, 6.07) is 13.9. The molecule has 0 saturated carbocycles. The smallest absolute Gasteiger partial charge is 0.417 e. The molecule has 3 rings (SSSR count). The van der Waals surface area contributed by atoms with Crippen LogP contribution in [0.1, 0.15) is 22.8 Å². The fourth-order valence-corrected chi connectivity index (χ4v) is 2.90. The molecular weight excluding hydrogens is 373 g/mol. The second-order valence-corrected chi connectivity index (χ2v) is 6.36. The van der Waals surface area contributed by atoms with Gasteiger partial charge in [-0.25, -0.2) is 9.69 Å². The van der Waals surface area contributed by atoms with E-state index >= 15 is 0 Å². The number of carbonyl (C=O) groups is 2. The zero-order valence-electron chi connectivity index (χ0n) is 14.9. The predicted octanol–water partition coefficient (Wildman–Crippen LogP) is 3.56. The number of hydrogen-bond donors (Lipinski definition) is 1. The Morgan fingerprint density at radius 1 is 0.964 bits per heavy atom. The van der Waals surface area contributed by atoms with Crippen LogP contribution in [-0.4, -0.2) is 36.5 Å². The van der Waals surface area contributed by atoms with Gasteiger partial charge in [-0.1, -0.05) is 42.5 Å². The Morgan fingerprint density at radius 2 is 1.64 bits per heavy atom. The highest BCUT2D eigenvalue weighted by molar-refractivity contribution is 6.00. The third-order valence-corrected chi connectivity index (χ3v) is 4.42. The number of cyclic esters (lactones) is 1. The molecule has 1 fully saturated rings. The average Bonchev–Trinajstić information content (AvgIpc) is 2.96. The number of rotatable bonds is 7. The number of halogens is 3. The SMILES string of the molecule is O=C1OC(c2ccc(C(F)(F)F)cc2)C(=O)N1CCNCCc1ccccc1. The van der Waals surface area contributed by atoms with Gasteiger partial charge in [0.2, 0.25) is 6.10 Å². The Balaban J connectivity index is 1.50. The summed E-state index contributed by atoms with van der Waals surface area (Å²) in [5.41, 5.74) is 0.562. The molecule has 5 nitrogen and oxygen atoms in total. The number of ether oxygens (including phenoxy) is 1. The minimum absolute atomic E-state index is 0.129. The van der Waals surface area contributed by atoms with Gasteiger partial charge in [0.05, 0.1) is 5.56 Å². The first-order valence-corrected chi connectivity index (χ1v) is 8.80. The van der Waals surface area contributed by atoms with E-state index in [1.807, 2.05) is 30.3 Å². The molecule has 1 unspecified atom stereocenters. The van der Waals surface area contributed by atoms with E-state index in [-0.39, 0.29) is 12.1 Å². The number of alkyl halides is 3. The number of imide groups is 1. The van der Waals surface area contributed by atoms with Crippen LogP contribution in [0.25, 0.3) is 0 Å². The van der Waals surface area contributed by atoms with Crippen molar-refractivity contribution in [2.24, 2.45) is 0 Å². The molecular formula is C20H19F3N2O3. The Morgan fingerprint density at radius 3 is 2.29 bits per heavy atom. The number of hydrogen-bond acceptors (Lipinski definition) is 4. The van der Waals surface area contributed by atoms with E-state index in [1.54, 1.807) is 0 Å². The van der Waals surface area contributed by atoms with Crippen LogP contribution >= 0.6 is 0 Å². The molecule has 2 aromatic carbocycles. The zero-order chi connectivity index (χ0) is 20.1. The first kappa shape index (κ1) is 19.9. The summed E-state index contributed by atoms with van der Waals surface area (Å²) in [5.74, 6) is -0.574. The number of nitrogens with zero attached hydrogens (tertiary/aromatic N) is 1. The van der Waals surface area contributed by atoms with E-state index in [4.69, 9.17) is 4.74 Å². The van der Waals surface area contributed by atoms with Crippen molar-refractivity contribution >= 4 is 12.0 Å². The minimum Gasteiger partial charge on any atom is -0.431 e. The average molecular weight is 392 g/mol. The van der Waals surface area contributed by atoms with Crippen molar-refractivity contribution in [1.82, 2.24) is 10.2 Å². The van der Waals surface area contributed by atoms with Gasteiger partial charge in [0, 0.05) is 18.7 Å². The molecule has 0 radical (unpaired) electrons. The van der Waals surface area contributed by atoms with Crippen LogP contribution in [0.2, 0.25) is 0 Å². The summed E-state index contributed by atoms with van der Waals surface area (Å²) < 4.78 is 43.0. The summed E-state index contributed by atoms with van der Waals surface area (Å²) in [6.07, 6.45) is -5.65. The van der Waals surface area contributed by atoms with Gasteiger partial charge in [0.1, 0.15) is 0 Å². The van der Waals surface area contributed by atoms with E-state index in [2.05, 4.69) is 5.32 Å². The maximum Gasteiger partial charge on any atom is 0.417 e. The Hall–Kier alpha value is -2.87. The molecule has 2 aromatic rings. The van der Waals surface area contributed by atoms with Gasteiger partial charge < -0.3 is 10.1 Å². The lowest BCUT2D eigenvalue weighted by molar-refractivity contribution is -0.137. The van der Waals surface area contributed by atoms with Crippen molar-refractivity contribution in [1.29, 1.82) is 0 Å². The Bertz CT molecular complexity index is 823. The number of nitrogens with one attached hydrogen (secondary N) is 1. The summed E-state index contributed by atoms with van der Waals surface area (Å²) in [4.78, 5) is 25.3. The van der Waals surface area contributed by atoms with E-state index in [0.29, 0.717) is 13.1 Å². The number of carbonyl (C=O) groups excluding carboxylic acids is 2. The minimum atomic E-state index is -4.47. The topological polar surface area (TPSA) is 58.6 Å². The Labute approximate surface area is 160 Å². The van der Waals surface area contributed by atoms with Crippen molar-refractivity contribution in [2.75, 3.05) is 19.6 Å². The molecule has 0 bridgehead atoms. The molecule has 1 atom stereocenters. The third-order valence-electron chi connectivity index (χ3n) is 4.42. The fraction of sp³-hybridized carbons (Fsp3) is 0.300. The van der Waals surface area contributed by atoms with E-state index in [0.717, 1.165) is 35.6 Å². The lowest BCUT2D eigenvalue weighted by Crippen LogP contribution is -2.36. The normalized spacial score (nSPS) is 17.1. The Kier molecular flexibility index (Phi) is 5.99. The second-order valence-electron chi connectivity index (χ2n) is 6.36. The molecule has 1 aliphatic heterocycles. The lowest BCUT2D eigenvalue weighted by Gasteiger charge is -2.12. The van der Waals surface area contributed by atoms with Crippen LogP contribution in [0.5, 0.6) is 0 Å². The van der Waals surface area contributed by atoms with Crippen molar-refractivity contribution < 1.29 is 27.5 Å². The molecule has 1 heterocycles. The van der Waals surface area contributed by atoms with Gasteiger partial charge in [-0.3, -0.25) is 4.79 Å².